The molecule has 2 rings (SSSR count). The van der Waals surface area contributed by atoms with E-state index in [-0.39, 0.29) is 22.5 Å². The molecule has 0 aliphatic heterocycles. The highest BCUT2D eigenvalue weighted by Crippen LogP contribution is 2.18. The molecule has 0 radical (unpaired) electrons. The lowest BCUT2D eigenvalue weighted by molar-refractivity contribution is 0.0692. The fourth-order valence-electron chi connectivity index (χ4n) is 1.86. The van der Waals surface area contributed by atoms with Gasteiger partial charge in [0.05, 0.1) is 5.69 Å². The minimum Gasteiger partial charge on any atom is -0.477 e. The van der Waals surface area contributed by atoms with Crippen molar-refractivity contribution in [1.82, 2.24) is 4.98 Å². The third-order valence-electron chi connectivity index (χ3n) is 2.82. The summed E-state index contributed by atoms with van der Waals surface area (Å²) in [5.74, 6) is -2.35. The number of benzene rings is 1. The number of rotatable bonds is 4. The summed E-state index contributed by atoms with van der Waals surface area (Å²) in [6.07, 6.45) is 0. The van der Waals surface area contributed by atoms with Crippen molar-refractivity contribution in [2.24, 2.45) is 5.73 Å². The fraction of sp³-hybridized carbons (Fsp3) is 0.0714. The fourth-order valence-corrected chi connectivity index (χ4v) is 1.86. The van der Waals surface area contributed by atoms with Crippen LogP contribution in [0.4, 0.5) is 5.69 Å². The van der Waals surface area contributed by atoms with Crippen molar-refractivity contribution in [2.45, 2.75) is 6.92 Å². The molecule has 1 aromatic carbocycles. The molecule has 7 nitrogen and oxygen atoms in total. The van der Waals surface area contributed by atoms with Crippen LogP contribution in [0.1, 0.15) is 36.9 Å². The van der Waals surface area contributed by atoms with Gasteiger partial charge in [0, 0.05) is 16.8 Å². The van der Waals surface area contributed by atoms with Crippen molar-refractivity contribution >= 4 is 23.5 Å². The highest BCUT2D eigenvalue weighted by atomic mass is 16.4. The second-order valence-corrected chi connectivity index (χ2v) is 4.45. The second-order valence-electron chi connectivity index (χ2n) is 4.45. The molecule has 21 heavy (non-hydrogen) atoms. The van der Waals surface area contributed by atoms with Crippen LogP contribution in [0.15, 0.2) is 30.3 Å². The average molecular weight is 287 g/mol. The maximum Gasteiger partial charge on any atom is 0.354 e. The van der Waals surface area contributed by atoms with Crippen LogP contribution in [0.25, 0.3) is 0 Å². The quantitative estimate of drug-likeness (QED) is 0.677. The summed E-state index contributed by atoms with van der Waals surface area (Å²) in [4.78, 5) is 36.9. The van der Waals surface area contributed by atoms with Gasteiger partial charge in [-0.1, -0.05) is 6.07 Å². The molecule has 2 aromatic rings. The number of carbonyl (C=O) groups is 3. The second kappa shape index (κ2) is 5.49. The van der Waals surface area contributed by atoms with Crippen LogP contribution in [0.5, 0.6) is 0 Å². The van der Waals surface area contributed by atoms with Crippen molar-refractivity contribution in [2.75, 3.05) is 5.32 Å². The van der Waals surface area contributed by atoms with E-state index in [0.29, 0.717) is 5.69 Å². The molecular formula is C14H13N3O4. The molecule has 0 spiro atoms. The van der Waals surface area contributed by atoms with Gasteiger partial charge in [0.15, 0.2) is 0 Å². The van der Waals surface area contributed by atoms with Crippen molar-refractivity contribution in [3.63, 3.8) is 0 Å². The zero-order chi connectivity index (χ0) is 15.6. The smallest absolute Gasteiger partial charge is 0.354 e. The standard InChI is InChI=1S/C14H13N3O4/c1-7-5-10(11(16-7)14(20)21)17-13(19)9-4-2-3-8(6-9)12(15)18/h2-6,16H,1H3,(H2,15,18)(H,17,19)(H,20,21). The molecule has 108 valence electrons. The summed E-state index contributed by atoms with van der Waals surface area (Å²) in [6.45, 7) is 1.68. The summed E-state index contributed by atoms with van der Waals surface area (Å²) < 4.78 is 0. The number of aromatic amines is 1. The topological polar surface area (TPSA) is 125 Å². The van der Waals surface area contributed by atoms with E-state index in [1.54, 1.807) is 6.92 Å². The maximum absolute atomic E-state index is 12.1. The van der Waals surface area contributed by atoms with E-state index in [2.05, 4.69) is 10.3 Å². The number of nitrogens with two attached hydrogens (primary N) is 1. The molecule has 5 N–H and O–H groups in total. The zero-order valence-corrected chi connectivity index (χ0v) is 11.1. The van der Waals surface area contributed by atoms with Crippen LogP contribution >= 0.6 is 0 Å². The van der Waals surface area contributed by atoms with Gasteiger partial charge in [0.2, 0.25) is 5.91 Å². The molecule has 7 heteroatoms. The molecule has 0 saturated carbocycles. The number of anilines is 1. The van der Waals surface area contributed by atoms with Gasteiger partial charge in [-0.3, -0.25) is 9.59 Å². The van der Waals surface area contributed by atoms with E-state index in [1.807, 2.05) is 0 Å². The predicted octanol–water partition coefficient (Wildman–Crippen LogP) is 1.37. The van der Waals surface area contributed by atoms with E-state index < -0.39 is 17.8 Å². The summed E-state index contributed by atoms with van der Waals surface area (Å²) in [5, 5.41) is 11.5. The minimum absolute atomic E-state index is 0.105. The van der Waals surface area contributed by atoms with Gasteiger partial charge in [-0.2, -0.15) is 0 Å². The molecule has 0 saturated heterocycles. The molecule has 0 bridgehead atoms. The van der Waals surface area contributed by atoms with Crippen molar-refractivity contribution in [3.05, 3.63) is 52.8 Å². The summed E-state index contributed by atoms with van der Waals surface area (Å²) in [5.41, 5.74) is 6.22. The number of hydrogen-bond acceptors (Lipinski definition) is 3. The summed E-state index contributed by atoms with van der Waals surface area (Å²) in [7, 11) is 0. The Kier molecular flexibility index (Phi) is 3.75. The van der Waals surface area contributed by atoms with Gasteiger partial charge in [0.25, 0.3) is 5.91 Å². The number of carbonyl (C=O) groups excluding carboxylic acids is 2. The number of carboxylic acids is 1. The largest absolute Gasteiger partial charge is 0.477 e. The van der Waals surface area contributed by atoms with Crippen LogP contribution in [-0.2, 0) is 0 Å². The van der Waals surface area contributed by atoms with Crippen LogP contribution in [0.3, 0.4) is 0 Å². The lowest BCUT2D eigenvalue weighted by atomic mass is 10.1. The van der Waals surface area contributed by atoms with Crippen LogP contribution in [0, 0.1) is 6.92 Å². The molecule has 0 aliphatic rings. The monoisotopic (exact) mass is 287 g/mol. The summed E-state index contributed by atoms with van der Waals surface area (Å²) >= 11 is 0. The van der Waals surface area contributed by atoms with E-state index in [4.69, 9.17) is 10.8 Å². The number of aryl methyl sites for hydroxylation is 1. The Morgan fingerprint density at radius 1 is 1.19 bits per heavy atom. The van der Waals surface area contributed by atoms with Gasteiger partial charge in [-0.15, -0.1) is 0 Å². The lowest BCUT2D eigenvalue weighted by Crippen LogP contribution is -2.16. The van der Waals surface area contributed by atoms with E-state index in [1.165, 1.54) is 30.3 Å². The molecule has 0 fully saturated rings. The Morgan fingerprint density at radius 2 is 1.86 bits per heavy atom. The SMILES string of the molecule is Cc1cc(NC(=O)c2cccc(C(N)=O)c2)c(C(=O)O)[nH]1. The van der Waals surface area contributed by atoms with Crippen molar-refractivity contribution in [1.29, 1.82) is 0 Å². The third kappa shape index (κ3) is 3.08. The van der Waals surface area contributed by atoms with Gasteiger partial charge in [0.1, 0.15) is 5.69 Å². The number of nitrogens with one attached hydrogen (secondary N) is 2. The molecule has 2 amide bonds. The number of hydrogen-bond donors (Lipinski definition) is 4. The first-order valence-corrected chi connectivity index (χ1v) is 6.02. The Hall–Kier alpha value is -3.09. The molecular weight excluding hydrogens is 274 g/mol. The van der Waals surface area contributed by atoms with Crippen LogP contribution in [-0.4, -0.2) is 27.9 Å². The predicted molar refractivity (Wildman–Crippen MR) is 75.4 cm³/mol. The average Bonchev–Trinajstić information content (AvgIpc) is 2.80. The molecule has 1 aromatic heterocycles. The number of aromatic carboxylic acids is 1. The molecule has 1 heterocycles. The van der Waals surface area contributed by atoms with E-state index in [0.717, 1.165) is 0 Å². The number of carboxylic acid groups (broad SMARTS) is 1. The molecule has 0 aliphatic carbocycles. The molecule has 0 unspecified atom stereocenters. The Labute approximate surface area is 119 Å². The minimum atomic E-state index is -1.18. The first-order chi connectivity index (χ1) is 9.88. The number of amides is 2. The van der Waals surface area contributed by atoms with E-state index in [9.17, 15) is 14.4 Å². The summed E-state index contributed by atoms with van der Waals surface area (Å²) in [6, 6.07) is 7.37. The Bertz CT molecular complexity index is 734. The van der Waals surface area contributed by atoms with Crippen molar-refractivity contribution in [3.8, 4) is 0 Å². The first kappa shape index (κ1) is 14.3. The first-order valence-electron chi connectivity index (χ1n) is 6.02. The van der Waals surface area contributed by atoms with Gasteiger partial charge < -0.3 is 21.1 Å². The Morgan fingerprint density at radius 3 is 2.48 bits per heavy atom. The Balaban J connectivity index is 2.28. The third-order valence-corrected chi connectivity index (χ3v) is 2.82. The molecule has 0 atom stereocenters. The highest BCUT2D eigenvalue weighted by Gasteiger charge is 2.16. The van der Waals surface area contributed by atoms with E-state index >= 15 is 0 Å². The van der Waals surface area contributed by atoms with Gasteiger partial charge in [-0.05, 0) is 31.2 Å². The van der Waals surface area contributed by atoms with Crippen LogP contribution < -0.4 is 11.1 Å². The van der Waals surface area contributed by atoms with Gasteiger partial charge >= 0.3 is 5.97 Å². The van der Waals surface area contributed by atoms with Crippen LogP contribution in [0.2, 0.25) is 0 Å². The highest BCUT2D eigenvalue weighted by molar-refractivity contribution is 6.08. The number of H-pyrrole nitrogens is 1. The number of primary amides is 1. The normalized spacial score (nSPS) is 10.1. The lowest BCUT2D eigenvalue weighted by Gasteiger charge is -2.05. The maximum atomic E-state index is 12.1. The van der Waals surface area contributed by atoms with Gasteiger partial charge in [-0.25, -0.2) is 4.79 Å². The van der Waals surface area contributed by atoms with Crippen molar-refractivity contribution < 1.29 is 19.5 Å². The number of aromatic nitrogens is 1. The zero-order valence-electron chi connectivity index (χ0n) is 11.1.